The van der Waals surface area contributed by atoms with Gasteiger partial charge in [-0.05, 0) is 17.7 Å². The van der Waals surface area contributed by atoms with Crippen LogP contribution in [0.1, 0.15) is 11.6 Å². The first-order chi connectivity index (χ1) is 6.77. The van der Waals surface area contributed by atoms with E-state index in [0.717, 1.165) is 5.56 Å². The minimum atomic E-state index is -0.228. The van der Waals surface area contributed by atoms with Crippen LogP contribution in [-0.2, 0) is 0 Å². The van der Waals surface area contributed by atoms with E-state index in [4.69, 9.17) is 5.73 Å². The van der Waals surface area contributed by atoms with Crippen LogP contribution in [-0.4, -0.2) is 13.1 Å². The standard InChI is InChI=1S/C11H15FN2/c1-2-7-14-11(8-13)9-3-5-10(12)6-4-9/h2-6,11,14H,1,7-8,13H2. The van der Waals surface area contributed by atoms with Crippen LogP contribution in [0.25, 0.3) is 0 Å². The number of nitrogens with one attached hydrogen (secondary N) is 1. The van der Waals surface area contributed by atoms with Gasteiger partial charge in [-0.2, -0.15) is 0 Å². The van der Waals surface area contributed by atoms with Gasteiger partial charge in [-0.3, -0.25) is 0 Å². The van der Waals surface area contributed by atoms with Crippen molar-refractivity contribution >= 4 is 0 Å². The predicted molar refractivity (Wildman–Crippen MR) is 56.4 cm³/mol. The Balaban J connectivity index is 2.68. The molecule has 14 heavy (non-hydrogen) atoms. The van der Waals surface area contributed by atoms with E-state index in [0.29, 0.717) is 13.1 Å². The van der Waals surface area contributed by atoms with E-state index in [1.54, 1.807) is 18.2 Å². The lowest BCUT2D eigenvalue weighted by Gasteiger charge is -2.15. The molecule has 1 aromatic rings. The molecule has 0 aliphatic rings. The molecule has 1 aromatic carbocycles. The molecular weight excluding hydrogens is 179 g/mol. The highest BCUT2D eigenvalue weighted by Gasteiger charge is 2.07. The molecule has 0 saturated carbocycles. The maximum Gasteiger partial charge on any atom is 0.123 e. The smallest absolute Gasteiger partial charge is 0.123 e. The Morgan fingerprint density at radius 3 is 2.57 bits per heavy atom. The summed E-state index contributed by atoms with van der Waals surface area (Å²) in [6.07, 6.45) is 1.77. The van der Waals surface area contributed by atoms with E-state index in [1.807, 2.05) is 0 Å². The highest BCUT2D eigenvalue weighted by atomic mass is 19.1. The molecule has 0 bridgehead atoms. The van der Waals surface area contributed by atoms with E-state index >= 15 is 0 Å². The maximum atomic E-state index is 12.6. The lowest BCUT2D eigenvalue weighted by atomic mass is 10.1. The Kier molecular flexibility index (Phi) is 4.29. The van der Waals surface area contributed by atoms with Gasteiger partial charge in [0.1, 0.15) is 5.82 Å². The van der Waals surface area contributed by atoms with Crippen molar-refractivity contribution in [3.63, 3.8) is 0 Å². The summed E-state index contributed by atoms with van der Waals surface area (Å²) < 4.78 is 12.6. The van der Waals surface area contributed by atoms with Gasteiger partial charge in [0.05, 0.1) is 0 Å². The van der Waals surface area contributed by atoms with Crippen LogP contribution in [0.5, 0.6) is 0 Å². The number of benzene rings is 1. The molecule has 0 spiro atoms. The lowest BCUT2D eigenvalue weighted by Crippen LogP contribution is -2.28. The van der Waals surface area contributed by atoms with Crippen LogP contribution in [0.2, 0.25) is 0 Å². The van der Waals surface area contributed by atoms with Crippen molar-refractivity contribution < 1.29 is 4.39 Å². The van der Waals surface area contributed by atoms with Crippen molar-refractivity contribution in [2.75, 3.05) is 13.1 Å². The third-order valence-electron chi connectivity index (χ3n) is 2.02. The van der Waals surface area contributed by atoms with Crippen molar-refractivity contribution in [3.05, 3.63) is 48.3 Å². The van der Waals surface area contributed by atoms with Gasteiger partial charge < -0.3 is 11.1 Å². The van der Waals surface area contributed by atoms with Gasteiger partial charge in [0.2, 0.25) is 0 Å². The van der Waals surface area contributed by atoms with E-state index in [9.17, 15) is 4.39 Å². The third-order valence-corrected chi connectivity index (χ3v) is 2.02. The number of rotatable bonds is 5. The maximum absolute atomic E-state index is 12.6. The molecule has 0 fully saturated rings. The second kappa shape index (κ2) is 5.52. The Bertz CT molecular complexity index is 282. The van der Waals surface area contributed by atoms with Crippen molar-refractivity contribution in [2.24, 2.45) is 5.73 Å². The molecule has 0 aliphatic heterocycles. The molecule has 3 N–H and O–H groups in total. The second-order valence-electron chi connectivity index (χ2n) is 3.04. The second-order valence-corrected chi connectivity index (χ2v) is 3.04. The van der Waals surface area contributed by atoms with Crippen LogP contribution >= 0.6 is 0 Å². The minimum absolute atomic E-state index is 0.0635. The van der Waals surface area contributed by atoms with Crippen LogP contribution in [0, 0.1) is 5.82 Å². The fourth-order valence-electron chi connectivity index (χ4n) is 1.26. The molecule has 0 radical (unpaired) electrons. The molecule has 0 aromatic heterocycles. The van der Waals surface area contributed by atoms with E-state index in [1.165, 1.54) is 12.1 Å². The Hall–Kier alpha value is -1.19. The summed E-state index contributed by atoms with van der Waals surface area (Å²) in [4.78, 5) is 0. The monoisotopic (exact) mass is 194 g/mol. The van der Waals surface area contributed by atoms with Crippen molar-refractivity contribution in [1.82, 2.24) is 5.32 Å². The number of halogens is 1. The number of nitrogens with two attached hydrogens (primary N) is 1. The van der Waals surface area contributed by atoms with Crippen molar-refractivity contribution in [3.8, 4) is 0 Å². The van der Waals surface area contributed by atoms with E-state index in [2.05, 4.69) is 11.9 Å². The first kappa shape index (κ1) is 10.9. The predicted octanol–water partition coefficient (Wildman–Crippen LogP) is 1.60. The van der Waals surface area contributed by atoms with Gasteiger partial charge in [0.25, 0.3) is 0 Å². The Morgan fingerprint density at radius 2 is 2.07 bits per heavy atom. The van der Waals surface area contributed by atoms with E-state index in [-0.39, 0.29) is 11.9 Å². The summed E-state index contributed by atoms with van der Waals surface area (Å²) in [6, 6.07) is 6.42. The molecule has 0 aliphatic carbocycles. The molecule has 1 atom stereocenters. The molecule has 1 unspecified atom stereocenters. The van der Waals surface area contributed by atoms with Gasteiger partial charge in [-0.15, -0.1) is 6.58 Å². The van der Waals surface area contributed by atoms with Crippen molar-refractivity contribution in [1.29, 1.82) is 0 Å². The van der Waals surface area contributed by atoms with E-state index < -0.39 is 0 Å². The fourth-order valence-corrected chi connectivity index (χ4v) is 1.26. The molecule has 0 saturated heterocycles. The third kappa shape index (κ3) is 2.94. The molecule has 0 heterocycles. The van der Waals surface area contributed by atoms with Crippen LogP contribution in [0.4, 0.5) is 4.39 Å². The minimum Gasteiger partial charge on any atom is -0.329 e. The Labute approximate surface area is 83.6 Å². The molecule has 2 nitrogen and oxygen atoms in total. The van der Waals surface area contributed by atoms with Crippen LogP contribution < -0.4 is 11.1 Å². The van der Waals surface area contributed by atoms with Crippen LogP contribution in [0.15, 0.2) is 36.9 Å². The first-order valence-corrected chi connectivity index (χ1v) is 4.57. The van der Waals surface area contributed by atoms with Gasteiger partial charge in [-0.1, -0.05) is 18.2 Å². The Morgan fingerprint density at radius 1 is 1.43 bits per heavy atom. The zero-order chi connectivity index (χ0) is 10.4. The van der Waals surface area contributed by atoms with Gasteiger partial charge in [0.15, 0.2) is 0 Å². The summed E-state index contributed by atoms with van der Waals surface area (Å²) in [5, 5.41) is 3.19. The zero-order valence-corrected chi connectivity index (χ0v) is 8.04. The van der Waals surface area contributed by atoms with Gasteiger partial charge in [-0.25, -0.2) is 4.39 Å². The normalized spacial score (nSPS) is 12.4. The highest BCUT2D eigenvalue weighted by Crippen LogP contribution is 2.11. The summed E-state index contributed by atoms with van der Waals surface area (Å²) in [7, 11) is 0. The van der Waals surface area contributed by atoms with Gasteiger partial charge >= 0.3 is 0 Å². The largest absolute Gasteiger partial charge is 0.329 e. The summed E-state index contributed by atoms with van der Waals surface area (Å²) in [5.74, 6) is -0.228. The molecule has 3 heteroatoms. The quantitative estimate of drug-likeness (QED) is 0.699. The van der Waals surface area contributed by atoms with Crippen LogP contribution in [0.3, 0.4) is 0 Å². The highest BCUT2D eigenvalue weighted by molar-refractivity contribution is 5.20. The topological polar surface area (TPSA) is 38.0 Å². The summed E-state index contributed by atoms with van der Waals surface area (Å²) in [5.41, 5.74) is 6.59. The molecule has 0 amide bonds. The lowest BCUT2D eigenvalue weighted by molar-refractivity contribution is 0.573. The fraction of sp³-hybridized carbons (Fsp3) is 0.273. The van der Waals surface area contributed by atoms with Crippen molar-refractivity contribution in [2.45, 2.75) is 6.04 Å². The SMILES string of the molecule is C=CCNC(CN)c1ccc(F)cc1. The average molecular weight is 194 g/mol. The molecular formula is C11H15FN2. The number of hydrogen-bond acceptors (Lipinski definition) is 2. The summed E-state index contributed by atoms with van der Waals surface area (Å²) >= 11 is 0. The molecule has 76 valence electrons. The number of hydrogen-bond donors (Lipinski definition) is 2. The first-order valence-electron chi connectivity index (χ1n) is 4.57. The zero-order valence-electron chi connectivity index (χ0n) is 8.04. The molecule has 1 rings (SSSR count). The average Bonchev–Trinajstić information content (AvgIpc) is 2.21. The summed E-state index contributed by atoms with van der Waals surface area (Å²) in [6.45, 7) is 4.79. The van der Waals surface area contributed by atoms with Gasteiger partial charge in [0, 0.05) is 19.1 Å².